The number of hydrogen-bond acceptors (Lipinski definition) is 7. The molecule has 108 valence electrons. The van der Waals surface area contributed by atoms with Crippen LogP contribution in [0.25, 0.3) is 0 Å². The smallest absolute Gasteiger partial charge is 0.182 e. The molecule has 1 fully saturated rings. The molecule has 19 heavy (non-hydrogen) atoms. The van der Waals surface area contributed by atoms with E-state index in [1.54, 1.807) is 0 Å². The normalized spacial score (nSPS) is 24.4. The van der Waals surface area contributed by atoms with Gasteiger partial charge in [0.1, 0.15) is 9.90 Å². The van der Waals surface area contributed by atoms with Crippen LogP contribution in [0.15, 0.2) is 4.90 Å². The molecule has 0 bridgehead atoms. The van der Waals surface area contributed by atoms with Crippen molar-refractivity contribution in [1.82, 2.24) is 9.27 Å². The molecular weight excluding hydrogens is 284 g/mol. The van der Waals surface area contributed by atoms with Gasteiger partial charge in [-0.3, -0.25) is 0 Å². The first-order valence-electron chi connectivity index (χ1n) is 6.08. The summed E-state index contributed by atoms with van der Waals surface area (Å²) in [5.41, 5.74) is 5.71. The van der Waals surface area contributed by atoms with Crippen LogP contribution in [0, 0.1) is 5.92 Å². The first kappa shape index (κ1) is 14.5. The summed E-state index contributed by atoms with van der Waals surface area (Å²) in [6.07, 6.45) is 1.18. The van der Waals surface area contributed by atoms with Gasteiger partial charge in [0, 0.05) is 25.4 Å². The van der Waals surface area contributed by atoms with Crippen molar-refractivity contribution in [2.75, 3.05) is 44.1 Å². The lowest BCUT2D eigenvalue weighted by Gasteiger charge is -2.22. The van der Waals surface area contributed by atoms with Crippen LogP contribution in [0.1, 0.15) is 6.92 Å². The van der Waals surface area contributed by atoms with Crippen LogP contribution in [-0.2, 0) is 9.84 Å². The van der Waals surface area contributed by atoms with E-state index < -0.39 is 9.84 Å². The molecule has 1 saturated heterocycles. The van der Waals surface area contributed by atoms with E-state index >= 15 is 0 Å². The molecule has 8 heteroatoms. The van der Waals surface area contributed by atoms with Gasteiger partial charge < -0.3 is 15.5 Å². The van der Waals surface area contributed by atoms with Crippen molar-refractivity contribution in [2.45, 2.75) is 17.9 Å². The van der Waals surface area contributed by atoms with Gasteiger partial charge in [-0.05, 0) is 31.5 Å². The van der Waals surface area contributed by atoms with E-state index in [0.717, 1.165) is 13.1 Å². The highest BCUT2D eigenvalue weighted by Crippen LogP contribution is 2.37. The SMILES string of the molecule is CC1CN(c2snc(N)c2S(C)(=O)=O)CC1N(C)C. The summed E-state index contributed by atoms with van der Waals surface area (Å²) in [7, 11) is 0.744. The molecule has 0 radical (unpaired) electrons. The van der Waals surface area contributed by atoms with Crippen LogP contribution in [0.2, 0.25) is 0 Å². The van der Waals surface area contributed by atoms with Crippen molar-refractivity contribution in [1.29, 1.82) is 0 Å². The molecule has 1 aromatic rings. The van der Waals surface area contributed by atoms with Crippen molar-refractivity contribution in [3.8, 4) is 0 Å². The number of sulfone groups is 1. The van der Waals surface area contributed by atoms with E-state index in [1.165, 1.54) is 17.8 Å². The minimum atomic E-state index is -3.35. The Labute approximate surface area is 118 Å². The Morgan fingerprint density at radius 2 is 2.05 bits per heavy atom. The van der Waals surface area contributed by atoms with Crippen molar-refractivity contribution in [2.24, 2.45) is 5.92 Å². The Morgan fingerprint density at radius 3 is 2.53 bits per heavy atom. The Kier molecular flexibility index (Phi) is 3.76. The van der Waals surface area contributed by atoms with Gasteiger partial charge in [-0.15, -0.1) is 0 Å². The molecule has 2 rings (SSSR count). The largest absolute Gasteiger partial charge is 0.382 e. The number of nitrogen functional groups attached to an aromatic ring is 1. The third kappa shape index (κ3) is 2.70. The number of aromatic nitrogens is 1. The molecule has 2 atom stereocenters. The highest BCUT2D eigenvalue weighted by atomic mass is 32.2. The quantitative estimate of drug-likeness (QED) is 0.877. The fourth-order valence-electron chi connectivity index (χ4n) is 2.62. The van der Waals surface area contributed by atoms with Gasteiger partial charge in [-0.1, -0.05) is 6.92 Å². The summed E-state index contributed by atoms with van der Waals surface area (Å²) in [4.78, 5) is 4.44. The minimum Gasteiger partial charge on any atom is -0.382 e. The van der Waals surface area contributed by atoms with Gasteiger partial charge in [-0.25, -0.2) is 8.42 Å². The monoisotopic (exact) mass is 304 g/mol. The van der Waals surface area contributed by atoms with E-state index in [4.69, 9.17) is 5.73 Å². The van der Waals surface area contributed by atoms with Crippen molar-refractivity contribution in [3.63, 3.8) is 0 Å². The van der Waals surface area contributed by atoms with Crippen molar-refractivity contribution in [3.05, 3.63) is 0 Å². The summed E-state index contributed by atoms with van der Waals surface area (Å²) >= 11 is 1.17. The third-order valence-electron chi connectivity index (χ3n) is 3.55. The summed E-state index contributed by atoms with van der Waals surface area (Å²) in [5, 5.41) is 0.677. The van der Waals surface area contributed by atoms with Gasteiger partial charge in [0.15, 0.2) is 15.7 Å². The second kappa shape index (κ2) is 4.92. The lowest BCUT2D eigenvalue weighted by Crippen LogP contribution is -2.34. The maximum Gasteiger partial charge on any atom is 0.182 e. The fourth-order valence-corrected chi connectivity index (χ4v) is 4.85. The maximum absolute atomic E-state index is 11.8. The predicted octanol–water partition coefficient (Wildman–Crippen LogP) is 0.515. The van der Waals surface area contributed by atoms with Gasteiger partial charge in [-0.2, -0.15) is 4.37 Å². The van der Waals surface area contributed by atoms with Gasteiger partial charge >= 0.3 is 0 Å². The van der Waals surface area contributed by atoms with Crippen LogP contribution < -0.4 is 10.6 Å². The number of likely N-dealkylation sites (N-methyl/N-ethyl adjacent to an activating group) is 1. The number of rotatable bonds is 3. The number of nitrogens with zero attached hydrogens (tertiary/aromatic N) is 3. The molecule has 1 aliphatic heterocycles. The number of anilines is 2. The van der Waals surface area contributed by atoms with Gasteiger partial charge in [0.05, 0.1) is 0 Å². The molecule has 0 saturated carbocycles. The molecule has 0 spiro atoms. The first-order chi connectivity index (χ1) is 8.71. The Hall–Kier alpha value is -0.860. The molecule has 1 aliphatic rings. The molecule has 2 unspecified atom stereocenters. The standard InChI is InChI=1S/C11H20N4O2S2/c1-7-5-15(6-8(7)14(2)3)11-9(19(4,16)17)10(12)13-18-11/h7-8H,5-6H2,1-4H3,(H2,12,13). The van der Waals surface area contributed by atoms with E-state index in [-0.39, 0.29) is 10.7 Å². The molecule has 0 aliphatic carbocycles. The maximum atomic E-state index is 11.8. The zero-order valence-corrected chi connectivity index (χ0v) is 13.3. The second-order valence-corrected chi connectivity index (χ2v) is 8.09. The predicted molar refractivity (Wildman–Crippen MR) is 78.5 cm³/mol. The molecule has 6 nitrogen and oxygen atoms in total. The lowest BCUT2D eigenvalue weighted by atomic mass is 10.1. The van der Waals surface area contributed by atoms with Crippen LogP contribution in [0.4, 0.5) is 10.8 Å². The Morgan fingerprint density at radius 1 is 1.42 bits per heavy atom. The van der Waals surface area contributed by atoms with Crippen LogP contribution >= 0.6 is 11.5 Å². The van der Waals surface area contributed by atoms with E-state index in [2.05, 4.69) is 21.1 Å². The fraction of sp³-hybridized carbons (Fsp3) is 0.727. The van der Waals surface area contributed by atoms with Crippen molar-refractivity contribution >= 4 is 32.2 Å². The highest BCUT2D eigenvalue weighted by molar-refractivity contribution is 7.91. The Bertz CT molecular complexity index is 567. The third-order valence-corrected chi connectivity index (χ3v) is 5.75. The highest BCUT2D eigenvalue weighted by Gasteiger charge is 2.35. The number of hydrogen-bond donors (Lipinski definition) is 1. The zero-order valence-electron chi connectivity index (χ0n) is 11.6. The summed E-state index contributed by atoms with van der Waals surface area (Å²) in [6.45, 7) is 3.81. The van der Waals surface area contributed by atoms with Crippen LogP contribution in [0.5, 0.6) is 0 Å². The summed E-state index contributed by atoms with van der Waals surface area (Å²) < 4.78 is 27.7. The lowest BCUT2D eigenvalue weighted by molar-refractivity contribution is 0.266. The topological polar surface area (TPSA) is 79.5 Å². The molecule has 2 N–H and O–H groups in total. The van der Waals surface area contributed by atoms with Crippen molar-refractivity contribution < 1.29 is 8.42 Å². The molecule has 0 amide bonds. The molecule has 2 heterocycles. The van der Waals surface area contributed by atoms with Gasteiger partial charge in [0.2, 0.25) is 0 Å². The Balaban J connectivity index is 2.35. The summed E-state index contributed by atoms with van der Waals surface area (Å²) in [5.74, 6) is 0.592. The van der Waals surface area contributed by atoms with Crippen LogP contribution in [0.3, 0.4) is 0 Å². The molecule has 0 aromatic carbocycles. The average Bonchev–Trinajstić information content (AvgIpc) is 2.80. The van der Waals surface area contributed by atoms with E-state index in [1.807, 2.05) is 14.1 Å². The van der Waals surface area contributed by atoms with E-state index in [0.29, 0.717) is 17.0 Å². The van der Waals surface area contributed by atoms with E-state index in [9.17, 15) is 8.42 Å². The zero-order chi connectivity index (χ0) is 14.4. The van der Waals surface area contributed by atoms with Gasteiger partial charge in [0.25, 0.3) is 0 Å². The molecule has 1 aromatic heterocycles. The average molecular weight is 304 g/mol. The molecular formula is C11H20N4O2S2. The number of nitrogens with two attached hydrogens (primary N) is 1. The minimum absolute atomic E-state index is 0.114. The summed E-state index contributed by atoms with van der Waals surface area (Å²) in [6, 6.07) is 0.413. The second-order valence-electron chi connectivity index (χ2n) is 5.39. The van der Waals surface area contributed by atoms with Crippen LogP contribution in [-0.4, -0.2) is 57.2 Å². The first-order valence-corrected chi connectivity index (χ1v) is 8.75.